The highest BCUT2D eigenvalue weighted by atomic mass is 15.0. The van der Waals surface area contributed by atoms with Gasteiger partial charge in [-0.1, -0.05) is 0 Å². The third kappa shape index (κ3) is 2.08. The molecule has 0 aliphatic carbocycles. The Morgan fingerprint density at radius 3 is 2.38 bits per heavy atom. The molecule has 6 N–H and O–H groups in total. The van der Waals surface area contributed by atoms with Gasteiger partial charge in [-0.05, 0) is 31.2 Å². The van der Waals surface area contributed by atoms with Gasteiger partial charge in [-0.25, -0.2) is 5.53 Å². The summed E-state index contributed by atoms with van der Waals surface area (Å²) in [6.45, 7) is 3.40. The maximum Gasteiger partial charge on any atom is 0.0947 e. The lowest BCUT2D eigenvalue weighted by atomic mass is 10.1. The van der Waals surface area contributed by atoms with E-state index in [1.165, 1.54) is 6.20 Å². The molecule has 0 atom stereocenters. The third-order valence-electron chi connectivity index (χ3n) is 2.30. The number of hydrogen-bond acceptors (Lipinski definition) is 5. The van der Waals surface area contributed by atoms with Gasteiger partial charge in [0.25, 0.3) is 0 Å². The Hall–Kier alpha value is -2.17. The van der Waals surface area contributed by atoms with Gasteiger partial charge in [0.15, 0.2) is 0 Å². The summed E-state index contributed by atoms with van der Waals surface area (Å²) in [6, 6.07) is 3.40. The van der Waals surface area contributed by atoms with E-state index in [4.69, 9.17) is 22.4 Å². The number of nitrogens with one attached hydrogen (secondary N) is 2. The quantitative estimate of drug-likeness (QED) is 0.427. The number of hydrogen-bond donors (Lipinski definition) is 4. The maximum atomic E-state index is 7.59. The molecule has 1 rings (SSSR count). The predicted octanol–water partition coefficient (Wildman–Crippen LogP) is 0.520. The second-order valence-electron chi connectivity index (χ2n) is 3.54. The van der Waals surface area contributed by atoms with Crippen LogP contribution in [-0.4, -0.2) is 5.71 Å². The van der Waals surface area contributed by atoms with E-state index in [0.29, 0.717) is 22.7 Å². The van der Waals surface area contributed by atoms with Gasteiger partial charge < -0.3 is 16.9 Å². The second-order valence-corrected chi connectivity index (χ2v) is 3.54. The van der Waals surface area contributed by atoms with Gasteiger partial charge in [0.1, 0.15) is 0 Å². The highest BCUT2D eigenvalue weighted by molar-refractivity contribution is 6.00. The monoisotopic (exact) mass is 217 g/mol. The summed E-state index contributed by atoms with van der Waals surface area (Å²) >= 11 is 0. The van der Waals surface area contributed by atoms with E-state index in [-0.39, 0.29) is 0 Å². The highest BCUT2D eigenvalue weighted by Gasteiger charge is 2.05. The van der Waals surface area contributed by atoms with Gasteiger partial charge >= 0.3 is 0 Å². The van der Waals surface area contributed by atoms with Crippen LogP contribution in [0.1, 0.15) is 19.4 Å². The van der Waals surface area contributed by atoms with Gasteiger partial charge in [-0.3, -0.25) is 0 Å². The van der Waals surface area contributed by atoms with Gasteiger partial charge in [0.2, 0.25) is 0 Å². The molecular formula is C11H15N5. The summed E-state index contributed by atoms with van der Waals surface area (Å²) in [5.74, 6) is 0. The molecule has 0 spiro atoms. The van der Waals surface area contributed by atoms with E-state index in [9.17, 15) is 0 Å². The zero-order valence-electron chi connectivity index (χ0n) is 9.33. The summed E-state index contributed by atoms with van der Waals surface area (Å²) in [6.07, 6.45) is 1.44. The molecule has 0 heterocycles. The minimum atomic E-state index is 0.343. The Morgan fingerprint density at radius 1 is 1.38 bits per heavy atom. The number of nitrogens with zero attached hydrogens (tertiary/aromatic N) is 1. The lowest BCUT2D eigenvalue weighted by molar-refractivity contribution is 1.14. The van der Waals surface area contributed by atoms with Crippen LogP contribution in [0.15, 0.2) is 17.2 Å². The summed E-state index contributed by atoms with van der Waals surface area (Å²) in [5, 5.41) is 12.5. The Morgan fingerprint density at radius 2 is 2.00 bits per heavy atom. The molecule has 0 aromatic heterocycles. The first-order chi connectivity index (χ1) is 7.51. The number of benzene rings is 1. The lowest BCUT2D eigenvalue weighted by Crippen LogP contribution is -2.31. The first-order valence-electron chi connectivity index (χ1n) is 4.76. The first-order valence-corrected chi connectivity index (χ1v) is 4.76. The molecule has 0 aliphatic rings. The van der Waals surface area contributed by atoms with Crippen LogP contribution in [0.3, 0.4) is 0 Å². The number of rotatable bonds is 2. The molecule has 0 bridgehead atoms. The van der Waals surface area contributed by atoms with Crippen molar-refractivity contribution in [2.45, 2.75) is 13.8 Å². The minimum absolute atomic E-state index is 0.343. The van der Waals surface area contributed by atoms with E-state index in [1.54, 1.807) is 26.0 Å². The summed E-state index contributed by atoms with van der Waals surface area (Å²) in [7, 11) is 0. The van der Waals surface area contributed by atoms with Crippen molar-refractivity contribution in [3.8, 4) is 0 Å². The summed E-state index contributed by atoms with van der Waals surface area (Å²) in [4.78, 5) is 0. The largest absolute Gasteiger partial charge is 0.404 e. The second kappa shape index (κ2) is 4.57. The number of nitrogens with two attached hydrogens (primary N) is 2. The fourth-order valence-corrected chi connectivity index (χ4v) is 1.48. The van der Waals surface area contributed by atoms with Crippen LogP contribution < -0.4 is 21.9 Å². The molecule has 0 unspecified atom stereocenters. The SMILES string of the molecule is CC(=N)c1cc(=C/N)/c(=C(/C)N)cc1N=N. The van der Waals surface area contributed by atoms with Gasteiger partial charge in [-0.15, -0.1) is 0 Å². The molecule has 1 aromatic carbocycles. The molecule has 0 fully saturated rings. The molecule has 0 radical (unpaired) electrons. The van der Waals surface area contributed by atoms with Crippen molar-refractivity contribution < 1.29 is 0 Å². The van der Waals surface area contributed by atoms with Crippen LogP contribution in [0.25, 0.3) is 11.9 Å². The fraction of sp³-hybridized carbons (Fsp3) is 0.182. The van der Waals surface area contributed by atoms with Crippen molar-refractivity contribution in [3.05, 3.63) is 28.1 Å². The lowest BCUT2D eigenvalue weighted by Gasteiger charge is -2.04. The van der Waals surface area contributed by atoms with Crippen molar-refractivity contribution in [2.24, 2.45) is 16.6 Å². The highest BCUT2D eigenvalue weighted by Crippen LogP contribution is 2.14. The van der Waals surface area contributed by atoms with Gasteiger partial charge in [0, 0.05) is 28.4 Å². The van der Waals surface area contributed by atoms with E-state index in [0.717, 1.165) is 10.4 Å². The van der Waals surface area contributed by atoms with Crippen molar-refractivity contribution in [1.29, 1.82) is 10.9 Å². The van der Waals surface area contributed by atoms with Crippen LogP contribution in [0.4, 0.5) is 5.69 Å². The zero-order chi connectivity index (χ0) is 12.3. The Bertz CT molecular complexity index is 552. The molecular weight excluding hydrogens is 202 g/mol. The molecule has 0 saturated heterocycles. The van der Waals surface area contributed by atoms with Crippen molar-refractivity contribution in [2.75, 3.05) is 0 Å². The van der Waals surface area contributed by atoms with Crippen LogP contribution >= 0.6 is 0 Å². The van der Waals surface area contributed by atoms with Gasteiger partial charge in [-0.2, -0.15) is 5.11 Å². The van der Waals surface area contributed by atoms with Crippen molar-refractivity contribution >= 4 is 23.3 Å². The molecule has 84 valence electrons. The predicted molar refractivity (Wildman–Crippen MR) is 64.9 cm³/mol. The van der Waals surface area contributed by atoms with E-state index in [1.807, 2.05) is 0 Å². The van der Waals surface area contributed by atoms with Crippen LogP contribution in [0, 0.1) is 10.9 Å². The summed E-state index contributed by atoms with van der Waals surface area (Å²) < 4.78 is 0. The van der Waals surface area contributed by atoms with E-state index >= 15 is 0 Å². The fourth-order valence-electron chi connectivity index (χ4n) is 1.48. The summed E-state index contributed by atoms with van der Waals surface area (Å²) in [5.41, 5.74) is 20.3. The Balaban J connectivity index is 3.82. The van der Waals surface area contributed by atoms with Crippen molar-refractivity contribution in [3.63, 3.8) is 0 Å². The van der Waals surface area contributed by atoms with E-state index < -0.39 is 0 Å². The minimum Gasteiger partial charge on any atom is -0.404 e. The van der Waals surface area contributed by atoms with E-state index in [2.05, 4.69) is 5.11 Å². The topological polar surface area (TPSA) is 112 Å². The first kappa shape index (κ1) is 11.9. The van der Waals surface area contributed by atoms with Crippen LogP contribution in [-0.2, 0) is 0 Å². The third-order valence-corrected chi connectivity index (χ3v) is 2.30. The zero-order valence-corrected chi connectivity index (χ0v) is 9.33. The standard InChI is InChI=1S/C11H15N5/c1-6(13)9-4-11(16-15)10(7(2)14)3-8(9)5-12/h3-5,14-15H,12-13H2,1-2H3/b8-5-,9-6-,14-7?,16-15?. The molecule has 5 nitrogen and oxygen atoms in total. The molecule has 1 aromatic rings. The molecule has 16 heavy (non-hydrogen) atoms. The molecule has 0 aliphatic heterocycles. The Kier molecular flexibility index (Phi) is 3.40. The van der Waals surface area contributed by atoms with Crippen molar-refractivity contribution in [1.82, 2.24) is 0 Å². The molecule has 0 saturated carbocycles. The average molecular weight is 217 g/mol. The van der Waals surface area contributed by atoms with Gasteiger partial charge in [0.05, 0.1) is 5.69 Å². The Labute approximate surface area is 93.5 Å². The normalized spacial score (nSPS) is 13.5. The van der Waals surface area contributed by atoms with Crippen LogP contribution in [0.5, 0.6) is 0 Å². The average Bonchev–Trinajstić information content (AvgIpc) is 2.26. The molecule has 5 heteroatoms. The maximum absolute atomic E-state index is 7.59. The smallest absolute Gasteiger partial charge is 0.0947 e. The van der Waals surface area contributed by atoms with Crippen LogP contribution in [0.2, 0.25) is 0 Å². The molecule has 0 amide bonds.